The summed E-state index contributed by atoms with van der Waals surface area (Å²) in [7, 11) is 0. The van der Waals surface area contributed by atoms with E-state index in [2.05, 4.69) is 9.97 Å². The highest BCUT2D eigenvalue weighted by atomic mass is 35.5. The lowest BCUT2D eigenvalue weighted by atomic mass is 10.2. The Balaban J connectivity index is 2.17. The SMILES string of the molecule is CSc1nc(N2CCN(C(=O)O)C[C@@H]2C)ncc1Cl. The molecule has 0 spiro atoms. The van der Waals surface area contributed by atoms with E-state index in [1.807, 2.05) is 18.1 Å². The molecule has 0 radical (unpaired) electrons. The Bertz CT molecular complexity index is 488. The van der Waals surface area contributed by atoms with Gasteiger partial charge >= 0.3 is 6.09 Å². The zero-order valence-corrected chi connectivity index (χ0v) is 12.3. The highest BCUT2D eigenvalue weighted by Crippen LogP contribution is 2.25. The van der Waals surface area contributed by atoms with Crippen molar-refractivity contribution in [3.8, 4) is 0 Å². The lowest BCUT2D eigenvalue weighted by molar-refractivity contribution is 0.136. The summed E-state index contributed by atoms with van der Waals surface area (Å²) in [5.74, 6) is 0.603. The number of carbonyl (C=O) groups is 1. The summed E-state index contributed by atoms with van der Waals surface area (Å²) < 4.78 is 0. The van der Waals surface area contributed by atoms with Gasteiger partial charge in [0.05, 0.1) is 11.2 Å². The van der Waals surface area contributed by atoms with Crippen molar-refractivity contribution in [2.75, 3.05) is 30.8 Å². The first-order valence-corrected chi connectivity index (χ1v) is 7.44. The van der Waals surface area contributed by atoms with Crippen LogP contribution in [0.15, 0.2) is 11.2 Å². The number of hydrogen-bond donors (Lipinski definition) is 1. The molecule has 8 heteroatoms. The Morgan fingerprint density at radius 3 is 2.89 bits per heavy atom. The van der Waals surface area contributed by atoms with E-state index < -0.39 is 6.09 Å². The largest absolute Gasteiger partial charge is 0.465 e. The molecule has 0 saturated carbocycles. The van der Waals surface area contributed by atoms with Crippen LogP contribution in [-0.4, -0.2) is 58.0 Å². The third kappa shape index (κ3) is 3.03. The molecule has 1 atom stereocenters. The molecular formula is C11H15ClN4O2S. The van der Waals surface area contributed by atoms with Crippen LogP contribution in [0.4, 0.5) is 10.7 Å². The van der Waals surface area contributed by atoms with E-state index >= 15 is 0 Å². The molecule has 6 nitrogen and oxygen atoms in total. The number of carboxylic acid groups (broad SMARTS) is 1. The van der Waals surface area contributed by atoms with E-state index in [1.165, 1.54) is 16.7 Å². The second kappa shape index (κ2) is 5.83. The molecule has 1 amide bonds. The quantitative estimate of drug-likeness (QED) is 0.666. The highest BCUT2D eigenvalue weighted by Gasteiger charge is 2.28. The van der Waals surface area contributed by atoms with Gasteiger partial charge in [0.25, 0.3) is 0 Å². The average Bonchev–Trinajstić information content (AvgIpc) is 2.39. The highest BCUT2D eigenvalue weighted by molar-refractivity contribution is 7.98. The van der Waals surface area contributed by atoms with Gasteiger partial charge in [0, 0.05) is 25.7 Å². The maximum absolute atomic E-state index is 10.9. The van der Waals surface area contributed by atoms with E-state index in [1.54, 1.807) is 6.20 Å². The zero-order chi connectivity index (χ0) is 14.0. The molecule has 1 N–H and O–H groups in total. The van der Waals surface area contributed by atoms with Gasteiger partial charge in [-0.05, 0) is 13.2 Å². The fourth-order valence-corrected chi connectivity index (χ4v) is 2.80. The van der Waals surface area contributed by atoms with Crippen molar-refractivity contribution < 1.29 is 9.90 Å². The first-order chi connectivity index (χ1) is 9.02. The molecule has 19 heavy (non-hydrogen) atoms. The smallest absolute Gasteiger partial charge is 0.407 e. The molecule has 0 bridgehead atoms. The Hall–Kier alpha value is -1.21. The summed E-state index contributed by atoms with van der Waals surface area (Å²) in [6.45, 7) is 3.46. The van der Waals surface area contributed by atoms with Crippen LogP contribution in [0.25, 0.3) is 0 Å². The number of hydrogen-bond acceptors (Lipinski definition) is 5. The van der Waals surface area contributed by atoms with Gasteiger partial charge in [-0.15, -0.1) is 11.8 Å². The number of amides is 1. The fourth-order valence-electron chi connectivity index (χ4n) is 2.05. The molecule has 1 aliphatic heterocycles. The van der Waals surface area contributed by atoms with Gasteiger partial charge in [-0.2, -0.15) is 0 Å². The number of halogens is 1. The molecule has 1 fully saturated rings. The minimum atomic E-state index is -0.881. The van der Waals surface area contributed by atoms with E-state index in [0.717, 1.165) is 5.03 Å². The summed E-state index contributed by atoms with van der Waals surface area (Å²) >= 11 is 7.45. The lowest BCUT2D eigenvalue weighted by Gasteiger charge is -2.38. The minimum Gasteiger partial charge on any atom is -0.465 e. The molecule has 2 heterocycles. The molecule has 104 valence electrons. The third-order valence-corrected chi connectivity index (χ3v) is 4.13. The molecule has 0 aromatic carbocycles. The van der Waals surface area contributed by atoms with Crippen molar-refractivity contribution in [3.05, 3.63) is 11.2 Å². The summed E-state index contributed by atoms with van der Waals surface area (Å²) in [5, 5.41) is 10.3. The van der Waals surface area contributed by atoms with Gasteiger partial charge in [0.2, 0.25) is 5.95 Å². The summed E-state index contributed by atoms with van der Waals surface area (Å²) in [6.07, 6.45) is 2.61. The van der Waals surface area contributed by atoms with Gasteiger partial charge in [0.15, 0.2) is 0 Å². The topological polar surface area (TPSA) is 69.6 Å². The van der Waals surface area contributed by atoms with E-state index in [-0.39, 0.29) is 6.04 Å². The molecule has 0 unspecified atom stereocenters. The number of thioether (sulfide) groups is 1. The number of piperazine rings is 1. The van der Waals surface area contributed by atoms with Gasteiger partial charge in [0.1, 0.15) is 5.03 Å². The van der Waals surface area contributed by atoms with Crippen LogP contribution in [0.3, 0.4) is 0 Å². The predicted octanol–water partition coefficient (Wildman–Crippen LogP) is 2.04. The van der Waals surface area contributed by atoms with Gasteiger partial charge in [-0.25, -0.2) is 14.8 Å². The van der Waals surface area contributed by atoms with Crippen molar-refractivity contribution in [2.45, 2.75) is 18.0 Å². The van der Waals surface area contributed by atoms with Crippen molar-refractivity contribution >= 4 is 35.4 Å². The first kappa shape index (κ1) is 14.2. The van der Waals surface area contributed by atoms with E-state index in [9.17, 15) is 4.79 Å². The Morgan fingerprint density at radius 1 is 1.58 bits per heavy atom. The summed E-state index contributed by atoms with van der Waals surface area (Å²) in [6, 6.07) is 0.0423. The maximum Gasteiger partial charge on any atom is 0.407 e. The van der Waals surface area contributed by atoms with E-state index in [4.69, 9.17) is 16.7 Å². The van der Waals surface area contributed by atoms with Crippen molar-refractivity contribution in [1.82, 2.24) is 14.9 Å². The van der Waals surface area contributed by atoms with E-state index in [0.29, 0.717) is 30.6 Å². The Kier molecular flexibility index (Phi) is 4.36. The normalized spacial score (nSPS) is 19.6. The van der Waals surface area contributed by atoms with Crippen LogP contribution in [0.2, 0.25) is 5.02 Å². The first-order valence-electron chi connectivity index (χ1n) is 5.84. The van der Waals surface area contributed by atoms with Crippen molar-refractivity contribution in [1.29, 1.82) is 0 Å². The molecule has 1 saturated heterocycles. The minimum absolute atomic E-state index is 0.0423. The predicted molar refractivity (Wildman–Crippen MR) is 75.2 cm³/mol. The second-order valence-electron chi connectivity index (χ2n) is 4.30. The number of nitrogens with zero attached hydrogens (tertiary/aromatic N) is 4. The van der Waals surface area contributed by atoms with Crippen LogP contribution < -0.4 is 4.90 Å². The van der Waals surface area contributed by atoms with Gasteiger partial charge < -0.3 is 14.9 Å². The molecule has 0 aliphatic carbocycles. The van der Waals surface area contributed by atoms with Gasteiger partial charge in [-0.1, -0.05) is 11.6 Å². The number of aromatic nitrogens is 2. The maximum atomic E-state index is 10.9. The van der Waals surface area contributed by atoms with Crippen molar-refractivity contribution in [3.63, 3.8) is 0 Å². The molecule has 2 rings (SSSR count). The van der Waals surface area contributed by atoms with Crippen LogP contribution in [0.1, 0.15) is 6.92 Å². The van der Waals surface area contributed by atoms with Gasteiger partial charge in [-0.3, -0.25) is 0 Å². The van der Waals surface area contributed by atoms with Crippen LogP contribution >= 0.6 is 23.4 Å². The standard InChI is InChI=1S/C11H15ClN4O2S/c1-7-6-15(11(17)18)3-4-16(7)10-13-5-8(12)9(14-10)19-2/h5,7H,3-4,6H2,1-2H3,(H,17,18)/t7-/m0/s1. The molecule has 1 aliphatic rings. The zero-order valence-electron chi connectivity index (χ0n) is 10.7. The van der Waals surface area contributed by atoms with Crippen LogP contribution in [-0.2, 0) is 0 Å². The molecular weight excluding hydrogens is 288 g/mol. The molecule has 1 aromatic rings. The fraction of sp³-hybridized carbons (Fsp3) is 0.545. The second-order valence-corrected chi connectivity index (χ2v) is 5.50. The van der Waals surface area contributed by atoms with Crippen LogP contribution in [0.5, 0.6) is 0 Å². The monoisotopic (exact) mass is 302 g/mol. The third-order valence-electron chi connectivity index (χ3n) is 3.05. The Labute approximate surface area is 120 Å². The Morgan fingerprint density at radius 2 is 2.32 bits per heavy atom. The number of rotatable bonds is 2. The number of anilines is 1. The molecule has 1 aromatic heterocycles. The summed E-state index contributed by atoms with van der Waals surface area (Å²) in [5.41, 5.74) is 0. The van der Waals surface area contributed by atoms with Crippen LogP contribution in [0, 0.1) is 0 Å². The average molecular weight is 303 g/mol. The lowest BCUT2D eigenvalue weighted by Crippen LogP contribution is -2.54. The van der Waals surface area contributed by atoms with Crippen molar-refractivity contribution in [2.24, 2.45) is 0 Å². The summed E-state index contributed by atoms with van der Waals surface area (Å²) in [4.78, 5) is 23.0.